The molecular formula is C12H19NO. The first-order chi connectivity index (χ1) is 6.74. The Kier molecular flexibility index (Phi) is 6.46. The molecule has 2 nitrogen and oxygen atoms in total. The molecule has 0 aromatic heterocycles. The van der Waals surface area contributed by atoms with E-state index in [9.17, 15) is 4.79 Å². The molecule has 1 aromatic rings. The highest BCUT2D eigenvalue weighted by Crippen LogP contribution is 2.02. The number of hydrogen-bond acceptors (Lipinski definition) is 1. The van der Waals surface area contributed by atoms with Crippen LogP contribution in [0.25, 0.3) is 0 Å². The van der Waals surface area contributed by atoms with Crippen molar-refractivity contribution in [1.29, 1.82) is 0 Å². The van der Waals surface area contributed by atoms with Crippen molar-refractivity contribution in [3.63, 3.8) is 0 Å². The van der Waals surface area contributed by atoms with E-state index in [-0.39, 0.29) is 5.91 Å². The highest BCUT2D eigenvalue weighted by molar-refractivity contribution is 5.94. The van der Waals surface area contributed by atoms with Gasteiger partial charge in [-0.1, -0.05) is 31.5 Å². The molecule has 78 valence electrons. The zero-order valence-corrected chi connectivity index (χ0v) is 9.42. The Morgan fingerprint density at radius 3 is 2.14 bits per heavy atom. The van der Waals surface area contributed by atoms with Crippen LogP contribution in [0.15, 0.2) is 24.3 Å². The van der Waals surface area contributed by atoms with Crippen LogP contribution in [0, 0.1) is 6.92 Å². The second-order valence-corrected chi connectivity index (χ2v) is 2.73. The SMILES string of the molecule is CC.CCNC(=O)c1ccc(C)cc1. The summed E-state index contributed by atoms with van der Waals surface area (Å²) in [5.74, 6) is -0.00231. The fraction of sp³-hybridized carbons (Fsp3) is 0.417. The topological polar surface area (TPSA) is 29.1 Å². The van der Waals surface area contributed by atoms with Crippen LogP contribution in [0.3, 0.4) is 0 Å². The van der Waals surface area contributed by atoms with Gasteiger partial charge in [-0.3, -0.25) is 4.79 Å². The molecule has 0 aliphatic heterocycles. The first-order valence-corrected chi connectivity index (χ1v) is 5.09. The van der Waals surface area contributed by atoms with Gasteiger partial charge in [0.1, 0.15) is 0 Å². The molecule has 0 radical (unpaired) electrons. The molecule has 1 rings (SSSR count). The number of nitrogens with one attached hydrogen (secondary N) is 1. The average Bonchev–Trinajstić information content (AvgIpc) is 2.22. The van der Waals surface area contributed by atoms with E-state index in [0.717, 1.165) is 5.56 Å². The third-order valence-electron chi connectivity index (χ3n) is 1.65. The van der Waals surface area contributed by atoms with E-state index in [4.69, 9.17) is 0 Å². The number of carbonyl (C=O) groups is 1. The van der Waals surface area contributed by atoms with Gasteiger partial charge in [-0.2, -0.15) is 0 Å². The third kappa shape index (κ3) is 4.08. The van der Waals surface area contributed by atoms with Crippen molar-refractivity contribution in [3.8, 4) is 0 Å². The van der Waals surface area contributed by atoms with Crippen molar-refractivity contribution in [2.24, 2.45) is 0 Å². The van der Waals surface area contributed by atoms with Gasteiger partial charge < -0.3 is 5.32 Å². The minimum atomic E-state index is -0.00231. The number of aryl methyl sites for hydroxylation is 1. The molecule has 1 aromatic carbocycles. The van der Waals surface area contributed by atoms with Crippen LogP contribution in [-0.2, 0) is 0 Å². The van der Waals surface area contributed by atoms with Crippen molar-refractivity contribution in [3.05, 3.63) is 35.4 Å². The van der Waals surface area contributed by atoms with Gasteiger partial charge in [0.05, 0.1) is 0 Å². The first kappa shape index (κ1) is 12.7. The van der Waals surface area contributed by atoms with E-state index < -0.39 is 0 Å². The van der Waals surface area contributed by atoms with Crippen LogP contribution in [-0.4, -0.2) is 12.5 Å². The standard InChI is InChI=1S/C10H13NO.C2H6/c1-3-11-10(12)9-6-4-8(2)5-7-9;1-2/h4-7H,3H2,1-2H3,(H,11,12);1-2H3. The quantitative estimate of drug-likeness (QED) is 0.768. The summed E-state index contributed by atoms with van der Waals surface area (Å²) >= 11 is 0. The smallest absolute Gasteiger partial charge is 0.251 e. The molecule has 0 bridgehead atoms. The van der Waals surface area contributed by atoms with Crippen LogP contribution in [0.4, 0.5) is 0 Å². The Hall–Kier alpha value is -1.31. The van der Waals surface area contributed by atoms with Gasteiger partial charge in [0, 0.05) is 12.1 Å². The summed E-state index contributed by atoms with van der Waals surface area (Å²) in [6, 6.07) is 7.54. The summed E-state index contributed by atoms with van der Waals surface area (Å²) in [5.41, 5.74) is 1.89. The number of benzene rings is 1. The van der Waals surface area contributed by atoms with Crippen LogP contribution in [0.5, 0.6) is 0 Å². The highest BCUT2D eigenvalue weighted by atomic mass is 16.1. The van der Waals surface area contributed by atoms with E-state index in [1.54, 1.807) is 0 Å². The monoisotopic (exact) mass is 193 g/mol. The Bertz CT molecular complexity index is 264. The van der Waals surface area contributed by atoms with Gasteiger partial charge in [0.15, 0.2) is 0 Å². The molecule has 1 N–H and O–H groups in total. The lowest BCUT2D eigenvalue weighted by atomic mass is 10.1. The number of amides is 1. The second kappa shape index (κ2) is 7.13. The summed E-state index contributed by atoms with van der Waals surface area (Å²) in [6.45, 7) is 8.58. The Labute approximate surface area is 86.3 Å². The van der Waals surface area contributed by atoms with Crippen molar-refractivity contribution in [2.45, 2.75) is 27.7 Å². The first-order valence-electron chi connectivity index (χ1n) is 5.09. The summed E-state index contributed by atoms with van der Waals surface area (Å²) < 4.78 is 0. The number of rotatable bonds is 2. The van der Waals surface area contributed by atoms with Gasteiger partial charge in [-0.15, -0.1) is 0 Å². The zero-order valence-electron chi connectivity index (χ0n) is 9.42. The van der Waals surface area contributed by atoms with Crippen LogP contribution < -0.4 is 5.32 Å². The highest BCUT2D eigenvalue weighted by Gasteiger charge is 2.01. The van der Waals surface area contributed by atoms with Gasteiger partial charge in [-0.05, 0) is 26.0 Å². The molecule has 0 fully saturated rings. The molecule has 0 saturated carbocycles. The molecule has 0 atom stereocenters. The van der Waals surface area contributed by atoms with E-state index in [1.165, 1.54) is 5.56 Å². The van der Waals surface area contributed by atoms with Crippen molar-refractivity contribution >= 4 is 5.91 Å². The number of hydrogen-bond donors (Lipinski definition) is 1. The van der Waals surface area contributed by atoms with Gasteiger partial charge in [0.2, 0.25) is 0 Å². The van der Waals surface area contributed by atoms with Crippen molar-refractivity contribution in [1.82, 2.24) is 5.32 Å². The molecule has 0 unspecified atom stereocenters. The van der Waals surface area contributed by atoms with Crippen molar-refractivity contribution in [2.75, 3.05) is 6.54 Å². The predicted octanol–water partition coefficient (Wildman–Crippen LogP) is 2.77. The number of carbonyl (C=O) groups excluding carboxylic acids is 1. The molecule has 14 heavy (non-hydrogen) atoms. The lowest BCUT2D eigenvalue weighted by molar-refractivity contribution is 0.0956. The van der Waals surface area contributed by atoms with E-state index >= 15 is 0 Å². The molecule has 0 aliphatic carbocycles. The summed E-state index contributed by atoms with van der Waals surface area (Å²) in [4.78, 5) is 11.2. The van der Waals surface area contributed by atoms with Crippen LogP contribution in [0.1, 0.15) is 36.7 Å². The Balaban J connectivity index is 0.000000791. The maximum atomic E-state index is 11.2. The summed E-state index contributed by atoms with van der Waals surface area (Å²) in [6.07, 6.45) is 0. The molecular weight excluding hydrogens is 174 g/mol. The molecule has 0 heterocycles. The minimum absolute atomic E-state index is 0.00231. The van der Waals surface area contributed by atoms with Gasteiger partial charge in [0.25, 0.3) is 5.91 Å². The second-order valence-electron chi connectivity index (χ2n) is 2.73. The van der Waals surface area contributed by atoms with E-state index in [1.807, 2.05) is 52.0 Å². The lowest BCUT2D eigenvalue weighted by Gasteiger charge is -2.01. The Morgan fingerprint density at radius 1 is 1.21 bits per heavy atom. The lowest BCUT2D eigenvalue weighted by Crippen LogP contribution is -2.22. The predicted molar refractivity (Wildman–Crippen MR) is 60.5 cm³/mol. The van der Waals surface area contributed by atoms with Crippen LogP contribution in [0.2, 0.25) is 0 Å². The van der Waals surface area contributed by atoms with E-state index in [2.05, 4.69) is 5.32 Å². The summed E-state index contributed by atoms with van der Waals surface area (Å²) in [5, 5.41) is 2.74. The maximum absolute atomic E-state index is 11.2. The molecule has 1 amide bonds. The fourth-order valence-electron chi connectivity index (χ4n) is 0.968. The molecule has 0 saturated heterocycles. The van der Waals surface area contributed by atoms with Crippen molar-refractivity contribution < 1.29 is 4.79 Å². The minimum Gasteiger partial charge on any atom is -0.352 e. The Morgan fingerprint density at radius 2 is 1.71 bits per heavy atom. The van der Waals surface area contributed by atoms with Crippen LogP contribution >= 0.6 is 0 Å². The average molecular weight is 193 g/mol. The summed E-state index contributed by atoms with van der Waals surface area (Å²) in [7, 11) is 0. The van der Waals surface area contributed by atoms with Gasteiger partial charge in [-0.25, -0.2) is 0 Å². The zero-order chi connectivity index (χ0) is 11.0. The maximum Gasteiger partial charge on any atom is 0.251 e. The van der Waals surface area contributed by atoms with Gasteiger partial charge >= 0.3 is 0 Å². The normalized spacial score (nSPS) is 8.57. The van der Waals surface area contributed by atoms with E-state index in [0.29, 0.717) is 6.54 Å². The molecule has 0 spiro atoms. The fourth-order valence-corrected chi connectivity index (χ4v) is 0.968. The molecule has 0 aliphatic rings. The third-order valence-corrected chi connectivity index (χ3v) is 1.65. The molecule has 2 heteroatoms. The largest absolute Gasteiger partial charge is 0.352 e.